The zero-order chi connectivity index (χ0) is 13.5. The predicted molar refractivity (Wildman–Crippen MR) is 79.0 cm³/mol. The molecule has 1 N–H and O–H groups in total. The lowest BCUT2D eigenvalue weighted by atomic mass is 9.83. The van der Waals surface area contributed by atoms with E-state index in [2.05, 4.69) is 65.6 Å². The highest BCUT2D eigenvalue weighted by atomic mass is 14.9. The quantitative estimate of drug-likeness (QED) is 0.600. The van der Waals surface area contributed by atoms with Crippen LogP contribution in [-0.2, 0) is 0 Å². The van der Waals surface area contributed by atoms with Crippen molar-refractivity contribution in [1.29, 1.82) is 0 Å². The molecule has 1 heteroatoms. The molecule has 0 aromatic rings. The first-order valence-corrected chi connectivity index (χ1v) is 6.82. The van der Waals surface area contributed by atoms with Crippen LogP contribution in [0, 0.1) is 17.3 Å². The van der Waals surface area contributed by atoms with Crippen LogP contribution in [0.5, 0.6) is 0 Å². The van der Waals surface area contributed by atoms with Crippen LogP contribution < -0.4 is 5.32 Å². The predicted octanol–water partition coefficient (Wildman–Crippen LogP) is 4.76. The molecular weight excluding hydrogens is 206 g/mol. The molecule has 0 radical (unpaired) electrons. The molecule has 0 bridgehead atoms. The van der Waals surface area contributed by atoms with Crippen molar-refractivity contribution in [2.24, 2.45) is 17.3 Å². The molecule has 0 rings (SSSR count). The average Bonchev–Trinajstić information content (AvgIpc) is 2.15. The maximum atomic E-state index is 3.90. The van der Waals surface area contributed by atoms with Gasteiger partial charge in [-0.05, 0) is 37.0 Å². The first-order chi connectivity index (χ1) is 7.76. The monoisotopic (exact) mass is 237 g/mol. The average molecular weight is 237 g/mol. The molecule has 0 amide bonds. The summed E-state index contributed by atoms with van der Waals surface area (Å²) in [4.78, 5) is 0. The molecule has 1 atom stereocenters. The zero-order valence-electron chi connectivity index (χ0n) is 12.6. The van der Waals surface area contributed by atoms with E-state index in [0.29, 0.717) is 5.92 Å². The topological polar surface area (TPSA) is 12.0 Å². The number of allylic oxidation sites excluding steroid dienone is 3. The fourth-order valence-corrected chi connectivity index (χ4v) is 2.02. The summed E-state index contributed by atoms with van der Waals surface area (Å²) in [6, 6.07) is 0. The fraction of sp³-hybridized carbons (Fsp3) is 0.750. The number of hydrogen-bond donors (Lipinski definition) is 1. The van der Waals surface area contributed by atoms with Gasteiger partial charge < -0.3 is 5.32 Å². The van der Waals surface area contributed by atoms with Crippen molar-refractivity contribution in [3.05, 3.63) is 24.4 Å². The highest BCUT2D eigenvalue weighted by molar-refractivity contribution is 5.00. The summed E-state index contributed by atoms with van der Waals surface area (Å²) in [7, 11) is 0. The molecule has 0 fully saturated rings. The summed E-state index contributed by atoms with van der Waals surface area (Å²) in [5.74, 6) is 1.36. The van der Waals surface area contributed by atoms with Crippen molar-refractivity contribution in [3.63, 3.8) is 0 Å². The molecule has 0 heterocycles. The van der Waals surface area contributed by atoms with Crippen molar-refractivity contribution >= 4 is 0 Å². The van der Waals surface area contributed by atoms with Gasteiger partial charge in [0.05, 0.1) is 0 Å². The third-order valence-corrected chi connectivity index (χ3v) is 3.06. The normalized spacial score (nSPS) is 14.9. The summed E-state index contributed by atoms with van der Waals surface area (Å²) >= 11 is 0. The maximum absolute atomic E-state index is 3.90. The van der Waals surface area contributed by atoms with Gasteiger partial charge in [0.15, 0.2) is 0 Å². The largest absolute Gasteiger partial charge is 0.389 e. The van der Waals surface area contributed by atoms with Crippen LogP contribution in [0.3, 0.4) is 0 Å². The molecule has 1 unspecified atom stereocenters. The first kappa shape index (κ1) is 16.3. The van der Waals surface area contributed by atoms with E-state index >= 15 is 0 Å². The van der Waals surface area contributed by atoms with E-state index < -0.39 is 0 Å². The second-order valence-electron chi connectivity index (χ2n) is 6.33. The van der Waals surface area contributed by atoms with Crippen LogP contribution in [0.4, 0.5) is 0 Å². The minimum absolute atomic E-state index is 0.230. The van der Waals surface area contributed by atoms with E-state index in [-0.39, 0.29) is 5.41 Å². The van der Waals surface area contributed by atoms with Crippen molar-refractivity contribution in [2.45, 2.75) is 54.4 Å². The van der Waals surface area contributed by atoms with Crippen LogP contribution in [0.2, 0.25) is 0 Å². The Morgan fingerprint density at radius 3 is 2.35 bits per heavy atom. The Balaban J connectivity index is 4.06. The van der Waals surface area contributed by atoms with Crippen molar-refractivity contribution in [1.82, 2.24) is 5.32 Å². The smallest absolute Gasteiger partial charge is 0.0146 e. The number of nitrogens with one attached hydrogen (secondary N) is 1. The van der Waals surface area contributed by atoms with Crippen LogP contribution in [0.1, 0.15) is 54.4 Å². The fourth-order valence-electron chi connectivity index (χ4n) is 2.02. The summed E-state index contributed by atoms with van der Waals surface area (Å²) in [6.45, 7) is 18.4. The van der Waals surface area contributed by atoms with Gasteiger partial charge in [-0.3, -0.25) is 0 Å². The molecule has 0 aliphatic rings. The second-order valence-corrected chi connectivity index (χ2v) is 6.33. The van der Waals surface area contributed by atoms with Crippen molar-refractivity contribution in [3.8, 4) is 0 Å². The summed E-state index contributed by atoms with van der Waals surface area (Å²) in [5.41, 5.74) is 1.53. The summed E-state index contributed by atoms with van der Waals surface area (Å²) in [6.07, 6.45) is 6.78. The molecule has 0 aliphatic carbocycles. The second kappa shape index (κ2) is 7.58. The van der Waals surface area contributed by atoms with Crippen LogP contribution in [0.25, 0.3) is 0 Å². The molecule has 17 heavy (non-hydrogen) atoms. The van der Waals surface area contributed by atoms with E-state index in [4.69, 9.17) is 0 Å². The van der Waals surface area contributed by atoms with E-state index in [1.54, 1.807) is 0 Å². The molecule has 1 nitrogen and oxygen atoms in total. The van der Waals surface area contributed by atoms with Crippen LogP contribution in [-0.4, -0.2) is 6.54 Å². The standard InChI is InChI=1S/C16H31N/c1-8-16(6,7)12-14(4)11-15(5)17-10-9-13(2)3/h8,11,13-14,17H,1,9-10,12H2,2-7H3/b15-11+. The van der Waals surface area contributed by atoms with Gasteiger partial charge in [0, 0.05) is 12.2 Å². The minimum atomic E-state index is 0.230. The van der Waals surface area contributed by atoms with Gasteiger partial charge >= 0.3 is 0 Å². The lowest BCUT2D eigenvalue weighted by molar-refractivity contribution is 0.386. The highest BCUT2D eigenvalue weighted by Gasteiger charge is 2.15. The molecule has 0 saturated carbocycles. The minimum Gasteiger partial charge on any atom is -0.389 e. The molecule has 0 saturated heterocycles. The van der Waals surface area contributed by atoms with Gasteiger partial charge in [-0.2, -0.15) is 0 Å². The SMILES string of the molecule is C=CC(C)(C)CC(C)/C=C(\C)NCCC(C)C. The zero-order valence-corrected chi connectivity index (χ0v) is 12.6. The van der Waals surface area contributed by atoms with E-state index in [1.807, 2.05) is 0 Å². The van der Waals surface area contributed by atoms with E-state index in [0.717, 1.165) is 18.9 Å². The lowest BCUT2D eigenvalue weighted by Gasteiger charge is -2.23. The third-order valence-electron chi connectivity index (χ3n) is 3.06. The van der Waals surface area contributed by atoms with Gasteiger partial charge in [0.1, 0.15) is 0 Å². The maximum Gasteiger partial charge on any atom is 0.0146 e. The van der Waals surface area contributed by atoms with Crippen molar-refractivity contribution in [2.75, 3.05) is 6.54 Å². The van der Waals surface area contributed by atoms with Crippen LogP contribution >= 0.6 is 0 Å². The Morgan fingerprint density at radius 2 is 1.88 bits per heavy atom. The molecule has 0 aliphatic heterocycles. The Bertz CT molecular complexity index is 248. The summed E-state index contributed by atoms with van der Waals surface area (Å²) < 4.78 is 0. The Hall–Kier alpha value is -0.720. The molecular formula is C16H31N. The van der Waals surface area contributed by atoms with Gasteiger partial charge in [-0.1, -0.05) is 46.8 Å². The van der Waals surface area contributed by atoms with Gasteiger partial charge in [-0.15, -0.1) is 6.58 Å². The Kier molecular flexibility index (Phi) is 7.26. The number of rotatable bonds is 8. The Morgan fingerprint density at radius 1 is 1.29 bits per heavy atom. The van der Waals surface area contributed by atoms with Gasteiger partial charge in [-0.25, -0.2) is 0 Å². The van der Waals surface area contributed by atoms with Gasteiger partial charge in [0.2, 0.25) is 0 Å². The van der Waals surface area contributed by atoms with Crippen molar-refractivity contribution < 1.29 is 0 Å². The first-order valence-electron chi connectivity index (χ1n) is 6.82. The van der Waals surface area contributed by atoms with E-state index in [9.17, 15) is 0 Å². The Labute approximate surface area is 108 Å². The number of hydrogen-bond acceptors (Lipinski definition) is 1. The molecule has 0 aromatic carbocycles. The molecule has 0 aromatic heterocycles. The summed E-state index contributed by atoms with van der Waals surface area (Å²) in [5, 5.41) is 3.48. The third kappa shape index (κ3) is 9.02. The van der Waals surface area contributed by atoms with E-state index in [1.165, 1.54) is 12.1 Å². The molecule has 100 valence electrons. The highest BCUT2D eigenvalue weighted by Crippen LogP contribution is 2.27. The van der Waals surface area contributed by atoms with Crippen LogP contribution in [0.15, 0.2) is 24.4 Å². The molecule has 0 spiro atoms. The van der Waals surface area contributed by atoms with Gasteiger partial charge in [0.25, 0.3) is 0 Å². The lowest BCUT2D eigenvalue weighted by Crippen LogP contribution is -2.16.